The molecule has 0 unspecified atom stereocenters. The minimum atomic E-state index is -0.0438. The van der Waals surface area contributed by atoms with Crippen LogP contribution in [-0.2, 0) is 16.5 Å². The van der Waals surface area contributed by atoms with Crippen LogP contribution in [0.25, 0.3) is 20.4 Å². The van der Waals surface area contributed by atoms with Crippen LogP contribution in [0.3, 0.4) is 0 Å². The smallest absolute Gasteiger partial charge is 0.390 e. The van der Waals surface area contributed by atoms with Crippen LogP contribution in [0.2, 0.25) is 0 Å². The molecule has 0 amide bonds. The summed E-state index contributed by atoms with van der Waals surface area (Å²) in [6.45, 7) is 3.41. The van der Waals surface area contributed by atoms with Gasteiger partial charge in [-0.15, -0.1) is 0 Å². The number of thiazole rings is 2. The molecule has 0 saturated heterocycles. The van der Waals surface area contributed by atoms with Crippen LogP contribution < -0.4 is 10.9 Å². The number of hydrogen-bond acceptors (Lipinski definition) is 10. The molecule has 164 valence electrons. The molecule has 2 aromatic heterocycles. The molecule has 8 nitrogen and oxygen atoms in total. The Morgan fingerprint density at radius 2 is 1.16 bits per heavy atom. The molecule has 4 N–H and O–H groups in total. The van der Waals surface area contributed by atoms with Gasteiger partial charge in [-0.25, -0.2) is 9.97 Å². The Morgan fingerprint density at radius 1 is 0.774 bits per heavy atom. The number of para-hydroxylation sites is 2. The van der Waals surface area contributed by atoms with E-state index in [0.717, 1.165) is 30.7 Å². The van der Waals surface area contributed by atoms with Crippen LogP contribution in [0.1, 0.15) is 13.8 Å². The van der Waals surface area contributed by atoms with E-state index in [1.165, 1.54) is 22.7 Å². The number of hydrazone groups is 2. The van der Waals surface area contributed by atoms with E-state index in [4.69, 9.17) is 10.2 Å². The predicted molar refractivity (Wildman–Crippen MR) is 127 cm³/mol. The fourth-order valence-electron chi connectivity index (χ4n) is 2.20. The fourth-order valence-corrected chi connectivity index (χ4v) is 3.81. The molecule has 4 aromatic rings. The summed E-state index contributed by atoms with van der Waals surface area (Å²) >= 11 is 3.08. The van der Waals surface area contributed by atoms with Crippen LogP contribution in [0.15, 0.2) is 58.7 Å². The average molecular weight is 501 g/mol. The zero-order valence-electron chi connectivity index (χ0n) is 16.8. The van der Waals surface area contributed by atoms with Gasteiger partial charge < -0.3 is 10.2 Å². The Balaban J connectivity index is 0.000000213. The number of nitrogens with zero attached hydrogens (tertiary/aromatic N) is 4. The molecule has 0 radical (unpaired) electrons. The van der Waals surface area contributed by atoms with Gasteiger partial charge in [0.2, 0.25) is 10.3 Å². The quantitative estimate of drug-likeness (QED) is 0.179. The van der Waals surface area contributed by atoms with Crippen LogP contribution in [0.5, 0.6) is 0 Å². The van der Waals surface area contributed by atoms with E-state index in [-0.39, 0.29) is 29.7 Å². The van der Waals surface area contributed by atoms with Crippen molar-refractivity contribution < 1.29 is 26.7 Å². The number of aliphatic hydroxyl groups excluding tert-OH is 2. The topological polar surface area (TPSA) is 115 Å². The molecule has 2 aromatic carbocycles. The van der Waals surface area contributed by atoms with E-state index in [0.29, 0.717) is 11.4 Å². The standard InChI is InChI=1S/2C10H11N3OS.Ni/c2*1-7(6-14)12-13-10-11-8-4-2-3-5-9(8)15-10;/h2*2-5,14H,6H2,1H3,(H,11,13);/q;;+2/b2*12-7+;. The Hall–Kier alpha value is -2.43. The first-order valence-electron chi connectivity index (χ1n) is 9.10. The van der Waals surface area contributed by atoms with Gasteiger partial charge in [0.15, 0.2) is 0 Å². The van der Waals surface area contributed by atoms with Gasteiger partial charge in [-0.2, -0.15) is 10.2 Å². The molecule has 11 heteroatoms. The van der Waals surface area contributed by atoms with Crippen LogP contribution in [0, 0.1) is 0 Å². The van der Waals surface area contributed by atoms with Crippen molar-refractivity contribution in [3.05, 3.63) is 48.5 Å². The monoisotopic (exact) mass is 500 g/mol. The molecule has 0 fully saturated rings. The van der Waals surface area contributed by atoms with Crippen molar-refractivity contribution in [2.24, 2.45) is 10.2 Å². The normalized spacial score (nSPS) is 11.6. The first kappa shape index (κ1) is 24.8. The van der Waals surface area contributed by atoms with Crippen molar-refractivity contribution in [3.63, 3.8) is 0 Å². The third-order valence-corrected chi connectivity index (χ3v) is 5.61. The molecular formula is C20H22N6NiO2S2+2. The van der Waals surface area contributed by atoms with Crippen LogP contribution >= 0.6 is 22.7 Å². The van der Waals surface area contributed by atoms with E-state index in [1.54, 1.807) is 13.8 Å². The Morgan fingerprint density at radius 3 is 1.52 bits per heavy atom. The van der Waals surface area contributed by atoms with Gasteiger partial charge in [0.25, 0.3) is 0 Å². The summed E-state index contributed by atoms with van der Waals surface area (Å²) in [6.07, 6.45) is 0. The Kier molecular flexibility index (Phi) is 9.96. The first-order chi connectivity index (χ1) is 14.6. The third-order valence-electron chi connectivity index (χ3n) is 3.73. The number of nitrogens with one attached hydrogen (secondary N) is 2. The molecule has 2 heterocycles. The van der Waals surface area contributed by atoms with Crippen LogP contribution in [-0.4, -0.2) is 44.8 Å². The zero-order chi connectivity index (χ0) is 21.3. The summed E-state index contributed by atoms with van der Waals surface area (Å²) in [5.74, 6) is 0. The summed E-state index contributed by atoms with van der Waals surface area (Å²) in [7, 11) is 0. The predicted octanol–water partition coefficient (Wildman–Crippen LogP) is 4.15. The maximum atomic E-state index is 8.76. The van der Waals surface area contributed by atoms with Gasteiger partial charge in [0.1, 0.15) is 0 Å². The molecule has 0 atom stereocenters. The number of benzene rings is 2. The molecule has 0 aliphatic rings. The molecule has 0 bridgehead atoms. The first-order valence-corrected chi connectivity index (χ1v) is 10.7. The second kappa shape index (κ2) is 12.4. The molecule has 0 saturated carbocycles. The molecule has 4 rings (SSSR count). The van der Waals surface area contributed by atoms with Gasteiger partial charge in [0, 0.05) is 0 Å². The number of aromatic nitrogens is 2. The van der Waals surface area contributed by atoms with Gasteiger partial charge in [-0.3, -0.25) is 10.9 Å². The Labute approximate surface area is 197 Å². The summed E-state index contributed by atoms with van der Waals surface area (Å²) in [4.78, 5) is 8.68. The minimum absolute atomic E-state index is 0. The van der Waals surface area contributed by atoms with E-state index in [9.17, 15) is 0 Å². The second-order valence-electron chi connectivity index (χ2n) is 6.21. The third kappa shape index (κ3) is 7.34. The number of aliphatic hydroxyl groups is 2. The number of hydrogen-bond donors (Lipinski definition) is 4. The van der Waals surface area contributed by atoms with Crippen molar-refractivity contribution >= 4 is 64.8 Å². The molecular weight excluding hydrogens is 479 g/mol. The molecule has 0 aliphatic heterocycles. The summed E-state index contributed by atoms with van der Waals surface area (Å²) in [5.41, 5.74) is 8.83. The van der Waals surface area contributed by atoms with Crippen molar-refractivity contribution in [2.75, 3.05) is 24.1 Å². The van der Waals surface area contributed by atoms with Crippen molar-refractivity contribution in [3.8, 4) is 0 Å². The van der Waals surface area contributed by atoms with Gasteiger partial charge in [-0.1, -0.05) is 46.9 Å². The van der Waals surface area contributed by atoms with Crippen molar-refractivity contribution in [1.29, 1.82) is 0 Å². The SMILES string of the molecule is C/C(CO)=N\Nc1nc2ccccc2s1.C/C(CO)=N\Nc1nc2ccccc2s1.[Ni+2]. The Bertz CT molecular complexity index is 1020. The summed E-state index contributed by atoms with van der Waals surface area (Å²) in [6, 6.07) is 15.8. The number of anilines is 2. The minimum Gasteiger partial charge on any atom is -0.390 e. The van der Waals surface area contributed by atoms with Gasteiger partial charge in [0.05, 0.1) is 45.1 Å². The van der Waals surface area contributed by atoms with Crippen molar-refractivity contribution in [2.45, 2.75) is 13.8 Å². The van der Waals surface area contributed by atoms with Gasteiger partial charge in [-0.05, 0) is 38.1 Å². The van der Waals surface area contributed by atoms with Gasteiger partial charge >= 0.3 is 16.5 Å². The van der Waals surface area contributed by atoms with Crippen molar-refractivity contribution in [1.82, 2.24) is 9.97 Å². The van der Waals surface area contributed by atoms with E-state index >= 15 is 0 Å². The summed E-state index contributed by atoms with van der Waals surface area (Å²) in [5, 5.41) is 27.0. The largest absolute Gasteiger partial charge is 2.00 e. The summed E-state index contributed by atoms with van der Waals surface area (Å²) < 4.78 is 2.24. The second-order valence-corrected chi connectivity index (χ2v) is 8.27. The van der Waals surface area contributed by atoms with Crippen LogP contribution in [0.4, 0.5) is 10.3 Å². The maximum absolute atomic E-state index is 8.76. The maximum Gasteiger partial charge on any atom is 2.00 e. The van der Waals surface area contributed by atoms with E-state index < -0.39 is 0 Å². The van der Waals surface area contributed by atoms with E-state index in [2.05, 4.69) is 31.0 Å². The molecule has 31 heavy (non-hydrogen) atoms. The van der Waals surface area contributed by atoms with E-state index in [1.807, 2.05) is 48.5 Å². The average Bonchev–Trinajstić information content (AvgIpc) is 3.39. The molecule has 0 aliphatic carbocycles. The number of fused-ring (bicyclic) bond motifs is 2. The fraction of sp³-hybridized carbons (Fsp3) is 0.200. The molecule has 0 spiro atoms. The number of rotatable bonds is 6. The zero-order valence-corrected chi connectivity index (χ0v) is 19.5.